The normalized spacial score (nSPS) is 14.6. The highest BCUT2D eigenvalue weighted by Gasteiger charge is 2.33. The van der Waals surface area contributed by atoms with E-state index in [0.717, 1.165) is 22.4 Å². The minimum absolute atomic E-state index is 0.122. The second-order valence-electron chi connectivity index (χ2n) is 7.78. The van der Waals surface area contributed by atoms with Crippen LogP contribution in [0.3, 0.4) is 0 Å². The molecule has 4 rings (SSSR count). The molecule has 1 saturated heterocycles. The van der Waals surface area contributed by atoms with E-state index in [9.17, 15) is 14.0 Å². The molecule has 1 heterocycles. The molecule has 1 fully saturated rings. The lowest BCUT2D eigenvalue weighted by atomic mass is 10.1. The smallest absolute Gasteiger partial charge is 0.270 e. The molecule has 3 aromatic rings. The number of aryl methyl sites for hydroxylation is 2. The summed E-state index contributed by atoms with van der Waals surface area (Å²) in [5, 5.41) is 2.83. The largest absolute Gasteiger partial charge is 0.484 e. The molecule has 0 radical (unpaired) electrons. The minimum Gasteiger partial charge on any atom is -0.484 e. The molecule has 3 aromatic carbocycles. The Balaban J connectivity index is 1.37. The van der Waals surface area contributed by atoms with Crippen LogP contribution in [0.4, 0.5) is 15.8 Å². The number of hydrogen-bond donors (Lipinski definition) is 1. The molecule has 172 valence electrons. The van der Waals surface area contributed by atoms with Crippen molar-refractivity contribution in [1.82, 2.24) is 0 Å². The highest BCUT2D eigenvalue weighted by atomic mass is 32.2. The second-order valence-corrected chi connectivity index (χ2v) is 9.45. The Bertz CT molecular complexity index is 1270. The van der Waals surface area contributed by atoms with E-state index in [0.29, 0.717) is 20.7 Å². The number of hydrogen-bond acceptors (Lipinski definition) is 5. The van der Waals surface area contributed by atoms with E-state index in [4.69, 9.17) is 17.0 Å². The molecule has 8 heteroatoms. The van der Waals surface area contributed by atoms with E-state index >= 15 is 0 Å². The van der Waals surface area contributed by atoms with Gasteiger partial charge in [-0.1, -0.05) is 42.2 Å². The molecule has 1 aliphatic heterocycles. The molecule has 2 amide bonds. The van der Waals surface area contributed by atoms with Gasteiger partial charge in [0.15, 0.2) is 10.9 Å². The maximum Gasteiger partial charge on any atom is 0.270 e. The summed E-state index contributed by atoms with van der Waals surface area (Å²) in [5.41, 5.74) is 4.18. The van der Waals surface area contributed by atoms with Gasteiger partial charge in [-0.3, -0.25) is 14.5 Å². The molecular formula is C26H21FN2O3S2. The van der Waals surface area contributed by atoms with Gasteiger partial charge in [0.1, 0.15) is 11.6 Å². The third kappa shape index (κ3) is 5.70. The van der Waals surface area contributed by atoms with Crippen LogP contribution >= 0.6 is 24.0 Å². The number of anilines is 2. The summed E-state index contributed by atoms with van der Waals surface area (Å²) >= 11 is 6.53. The van der Waals surface area contributed by atoms with Crippen molar-refractivity contribution in [3.63, 3.8) is 0 Å². The lowest BCUT2D eigenvalue weighted by molar-refractivity contribution is -0.118. The van der Waals surface area contributed by atoms with Crippen molar-refractivity contribution in [2.75, 3.05) is 16.8 Å². The van der Waals surface area contributed by atoms with Crippen LogP contribution < -0.4 is 15.0 Å². The van der Waals surface area contributed by atoms with Crippen LogP contribution in [0, 0.1) is 19.7 Å². The SMILES string of the molecule is Cc1cc(C)cc(NC(=O)COc2ccc(/C=C3\SC(=S)N(c4ccc(F)cc4)C3=O)cc2)c1. The van der Waals surface area contributed by atoms with E-state index in [1.54, 1.807) is 30.3 Å². The Kier molecular flexibility index (Phi) is 7.09. The van der Waals surface area contributed by atoms with Crippen LogP contribution in [0.5, 0.6) is 5.75 Å². The summed E-state index contributed by atoms with van der Waals surface area (Å²) in [5.74, 6) is -0.357. The molecule has 0 unspecified atom stereocenters. The zero-order chi connectivity index (χ0) is 24.2. The topological polar surface area (TPSA) is 58.6 Å². The number of ether oxygens (including phenoxy) is 1. The number of rotatable bonds is 6. The van der Waals surface area contributed by atoms with E-state index < -0.39 is 0 Å². The summed E-state index contributed by atoms with van der Waals surface area (Å²) in [6.07, 6.45) is 1.74. The van der Waals surface area contributed by atoms with Crippen molar-refractivity contribution < 1.29 is 18.7 Å². The van der Waals surface area contributed by atoms with Gasteiger partial charge in [-0.25, -0.2) is 4.39 Å². The van der Waals surface area contributed by atoms with Crippen molar-refractivity contribution in [2.45, 2.75) is 13.8 Å². The monoisotopic (exact) mass is 492 g/mol. The molecule has 0 atom stereocenters. The third-order valence-corrected chi connectivity index (χ3v) is 6.23. The van der Waals surface area contributed by atoms with Gasteiger partial charge in [-0.15, -0.1) is 0 Å². The van der Waals surface area contributed by atoms with E-state index in [2.05, 4.69) is 5.32 Å². The Hall–Kier alpha value is -3.49. The van der Waals surface area contributed by atoms with Crippen LogP contribution in [0.15, 0.2) is 71.6 Å². The van der Waals surface area contributed by atoms with Crippen molar-refractivity contribution in [3.05, 3.63) is 94.1 Å². The second kappa shape index (κ2) is 10.2. The molecule has 0 aliphatic carbocycles. The van der Waals surface area contributed by atoms with E-state index in [-0.39, 0.29) is 24.2 Å². The van der Waals surface area contributed by atoms with Gasteiger partial charge in [0.25, 0.3) is 11.8 Å². The van der Waals surface area contributed by atoms with Crippen LogP contribution in [-0.2, 0) is 9.59 Å². The molecule has 34 heavy (non-hydrogen) atoms. The van der Waals surface area contributed by atoms with Crippen molar-refractivity contribution in [1.29, 1.82) is 0 Å². The van der Waals surface area contributed by atoms with Gasteiger partial charge in [0.2, 0.25) is 0 Å². The predicted molar refractivity (Wildman–Crippen MR) is 139 cm³/mol. The average molecular weight is 493 g/mol. The summed E-state index contributed by atoms with van der Waals surface area (Å²) in [7, 11) is 0. The minimum atomic E-state index is -0.380. The fourth-order valence-corrected chi connectivity index (χ4v) is 4.78. The highest BCUT2D eigenvalue weighted by molar-refractivity contribution is 8.27. The fraction of sp³-hybridized carbons (Fsp3) is 0.115. The number of amides is 2. The van der Waals surface area contributed by atoms with Gasteiger partial charge < -0.3 is 10.1 Å². The lowest BCUT2D eigenvalue weighted by Gasteiger charge is -2.14. The fourth-order valence-electron chi connectivity index (χ4n) is 3.48. The molecular weight excluding hydrogens is 471 g/mol. The maximum atomic E-state index is 13.2. The Morgan fingerprint density at radius 1 is 1.06 bits per heavy atom. The van der Waals surface area contributed by atoms with Crippen LogP contribution in [0.25, 0.3) is 6.08 Å². The highest BCUT2D eigenvalue weighted by Crippen LogP contribution is 2.36. The van der Waals surface area contributed by atoms with E-state index in [1.165, 1.54) is 40.9 Å². The average Bonchev–Trinajstić information content (AvgIpc) is 3.06. The first kappa shape index (κ1) is 23.7. The summed E-state index contributed by atoms with van der Waals surface area (Å²) in [6.45, 7) is 3.83. The number of halogens is 1. The van der Waals surface area contributed by atoms with E-state index in [1.807, 2.05) is 32.0 Å². The van der Waals surface area contributed by atoms with Crippen molar-refractivity contribution in [3.8, 4) is 5.75 Å². The summed E-state index contributed by atoms with van der Waals surface area (Å²) < 4.78 is 19.2. The van der Waals surface area contributed by atoms with Gasteiger partial charge in [-0.2, -0.15) is 0 Å². The van der Waals surface area contributed by atoms with Gasteiger partial charge in [0.05, 0.1) is 10.6 Å². The molecule has 0 aromatic heterocycles. The van der Waals surface area contributed by atoms with Crippen molar-refractivity contribution >= 4 is 57.6 Å². The number of nitrogens with zero attached hydrogens (tertiary/aromatic N) is 1. The Labute approximate surface area is 206 Å². The molecule has 0 spiro atoms. The Morgan fingerprint density at radius 2 is 1.71 bits per heavy atom. The first-order valence-electron chi connectivity index (χ1n) is 10.4. The number of benzene rings is 3. The standard InChI is InChI=1S/C26H21FN2O3S2/c1-16-11-17(2)13-20(12-16)28-24(30)15-32-22-9-3-18(4-10-22)14-23-25(31)29(26(33)34-23)21-7-5-19(27)6-8-21/h3-14H,15H2,1-2H3,(H,28,30)/b23-14-. The molecule has 1 N–H and O–H groups in total. The Morgan fingerprint density at radius 3 is 2.35 bits per heavy atom. The molecule has 0 bridgehead atoms. The molecule has 0 saturated carbocycles. The predicted octanol–water partition coefficient (Wildman–Crippen LogP) is 5.87. The number of carbonyl (C=O) groups is 2. The molecule has 1 aliphatic rings. The van der Waals surface area contributed by atoms with Gasteiger partial charge in [0, 0.05) is 5.69 Å². The van der Waals surface area contributed by atoms with Crippen LogP contribution in [-0.4, -0.2) is 22.7 Å². The number of carbonyl (C=O) groups excluding carboxylic acids is 2. The summed E-state index contributed by atoms with van der Waals surface area (Å²) in [4.78, 5) is 26.9. The maximum absolute atomic E-state index is 13.2. The zero-order valence-corrected chi connectivity index (χ0v) is 20.1. The van der Waals surface area contributed by atoms with Gasteiger partial charge in [-0.05, 0) is 85.1 Å². The van der Waals surface area contributed by atoms with Crippen molar-refractivity contribution in [2.24, 2.45) is 0 Å². The van der Waals surface area contributed by atoms with Crippen LogP contribution in [0.2, 0.25) is 0 Å². The third-order valence-electron chi connectivity index (χ3n) is 4.93. The lowest BCUT2D eigenvalue weighted by Crippen LogP contribution is -2.27. The molecule has 5 nitrogen and oxygen atoms in total. The zero-order valence-electron chi connectivity index (χ0n) is 18.5. The quantitative estimate of drug-likeness (QED) is 0.345. The number of thiocarbonyl (C=S) groups is 1. The first-order valence-corrected chi connectivity index (χ1v) is 11.7. The number of nitrogens with one attached hydrogen (secondary N) is 1. The first-order chi connectivity index (χ1) is 16.3. The number of thioether (sulfide) groups is 1. The van der Waals surface area contributed by atoms with Gasteiger partial charge >= 0.3 is 0 Å². The van der Waals surface area contributed by atoms with Crippen LogP contribution in [0.1, 0.15) is 16.7 Å². The summed E-state index contributed by atoms with van der Waals surface area (Å²) in [6, 6.07) is 18.5.